The number of benzene rings is 2. The van der Waals surface area contributed by atoms with Crippen molar-refractivity contribution in [3.05, 3.63) is 64.7 Å². The number of nitrogens with one attached hydrogen (secondary N) is 1. The van der Waals surface area contributed by atoms with E-state index in [4.69, 9.17) is 25.8 Å². The topological polar surface area (TPSA) is 97.4 Å². The quantitative estimate of drug-likeness (QED) is 0.344. The van der Waals surface area contributed by atoms with Crippen LogP contribution in [0.2, 0.25) is 5.02 Å². The number of rotatable bonds is 7. The summed E-state index contributed by atoms with van der Waals surface area (Å²) in [7, 11) is -1.80. The van der Waals surface area contributed by atoms with Crippen molar-refractivity contribution >= 4 is 40.1 Å². The van der Waals surface area contributed by atoms with Gasteiger partial charge >= 0.3 is 0 Å². The normalized spacial score (nSPS) is 25.6. The summed E-state index contributed by atoms with van der Waals surface area (Å²) in [4.78, 5) is 30.8. The molecule has 3 aliphatic heterocycles. The van der Waals surface area contributed by atoms with Gasteiger partial charge < -0.3 is 24.0 Å². The molecule has 0 radical (unpaired) electrons. The lowest BCUT2D eigenvalue weighted by molar-refractivity contribution is -0.139. The van der Waals surface area contributed by atoms with E-state index >= 15 is 0 Å². The smallest absolute Gasteiger partial charge is 0.263 e. The molecule has 1 N–H and O–H groups in total. The van der Waals surface area contributed by atoms with Gasteiger partial charge in [0.2, 0.25) is 5.91 Å². The summed E-state index contributed by atoms with van der Waals surface area (Å²) in [5, 5.41) is 0.723. The zero-order valence-corrected chi connectivity index (χ0v) is 30.2. The Labute approximate surface area is 292 Å². The van der Waals surface area contributed by atoms with Gasteiger partial charge in [-0.3, -0.25) is 14.3 Å². The van der Waals surface area contributed by atoms with Crippen LogP contribution in [0.25, 0.3) is 0 Å². The predicted molar refractivity (Wildman–Crippen MR) is 190 cm³/mol. The number of likely N-dealkylation sites (tertiary alicyclic amines) is 1. The van der Waals surface area contributed by atoms with Gasteiger partial charge in [-0.15, -0.1) is 0 Å². The van der Waals surface area contributed by atoms with Crippen molar-refractivity contribution in [3.8, 4) is 5.75 Å². The van der Waals surface area contributed by atoms with Crippen LogP contribution in [0, 0.1) is 5.92 Å². The van der Waals surface area contributed by atoms with Crippen molar-refractivity contribution in [3.63, 3.8) is 0 Å². The van der Waals surface area contributed by atoms with Gasteiger partial charge in [-0.25, -0.2) is 4.21 Å². The summed E-state index contributed by atoms with van der Waals surface area (Å²) in [6.45, 7) is 11.2. The minimum atomic E-state index is -1.80. The lowest BCUT2D eigenvalue weighted by atomic mass is 9.91. The number of ether oxygens (including phenoxy) is 3. The molecule has 5 rings (SSSR count). The molecule has 1 saturated heterocycles. The van der Waals surface area contributed by atoms with Crippen LogP contribution < -0.4 is 14.4 Å². The first kappa shape index (κ1) is 36.4. The molecule has 2 bridgehead atoms. The average Bonchev–Trinajstić information content (AvgIpc) is 3.55. The minimum Gasteiger partial charge on any atom is -0.491 e. The third-order valence-corrected chi connectivity index (χ3v) is 10.9. The van der Waals surface area contributed by atoms with Crippen molar-refractivity contribution in [1.82, 2.24) is 9.62 Å². The zero-order chi connectivity index (χ0) is 34.3. The second-order valence-corrected chi connectivity index (χ2v) is 15.1. The van der Waals surface area contributed by atoms with Gasteiger partial charge in [0.05, 0.1) is 29.9 Å². The largest absolute Gasteiger partial charge is 0.491 e. The van der Waals surface area contributed by atoms with Crippen LogP contribution in [-0.4, -0.2) is 78.6 Å². The summed E-state index contributed by atoms with van der Waals surface area (Å²) < 4.78 is 34.9. The summed E-state index contributed by atoms with van der Waals surface area (Å²) in [5.41, 5.74) is 2.04. The molecule has 262 valence electrons. The molecule has 2 aromatic rings. The van der Waals surface area contributed by atoms with E-state index < -0.39 is 22.5 Å². The van der Waals surface area contributed by atoms with Crippen LogP contribution in [0.4, 0.5) is 5.69 Å². The highest BCUT2D eigenvalue weighted by Crippen LogP contribution is 2.38. The molecular weight excluding hydrogens is 650 g/mol. The Morgan fingerprint density at radius 2 is 1.92 bits per heavy atom. The molecule has 1 fully saturated rings. The second-order valence-electron chi connectivity index (χ2n) is 13.4. The maximum Gasteiger partial charge on any atom is 0.263 e. The third kappa shape index (κ3) is 9.00. The van der Waals surface area contributed by atoms with Crippen LogP contribution in [0.3, 0.4) is 0 Å². The van der Waals surface area contributed by atoms with E-state index in [0.717, 1.165) is 62.3 Å². The molecule has 2 amide bonds. The van der Waals surface area contributed by atoms with Crippen LogP contribution in [-0.2, 0) is 36.5 Å². The lowest BCUT2D eigenvalue weighted by Crippen LogP contribution is -2.45. The zero-order valence-electron chi connectivity index (χ0n) is 28.7. The lowest BCUT2D eigenvalue weighted by Gasteiger charge is -2.31. The van der Waals surface area contributed by atoms with Crippen molar-refractivity contribution in [2.45, 2.75) is 88.7 Å². The second kappa shape index (κ2) is 16.7. The first-order valence-corrected chi connectivity index (χ1v) is 18.8. The van der Waals surface area contributed by atoms with E-state index in [-0.39, 0.29) is 37.1 Å². The number of hydrogen-bond acceptors (Lipinski definition) is 7. The highest BCUT2D eigenvalue weighted by Gasteiger charge is 2.32. The van der Waals surface area contributed by atoms with Crippen molar-refractivity contribution in [2.24, 2.45) is 5.92 Å². The Hall–Kier alpha value is -2.92. The SMILES string of the molecule is CCCc1cc(Cl)ccc1C1COc2ccc3cc2N(CCC(CC)C(OCC(=O)N2CCCC2)/C=C/COC(C)(C)C(=O)NS3=O)C1. The van der Waals surface area contributed by atoms with Gasteiger partial charge in [-0.1, -0.05) is 56.5 Å². The number of carbonyl (C=O) groups is 2. The fourth-order valence-corrected chi connectivity index (χ4v) is 7.86. The molecule has 11 heteroatoms. The average molecular weight is 700 g/mol. The van der Waals surface area contributed by atoms with Gasteiger partial charge in [0.25, 0.3) is 5.91 Å². The minimum absolute atomic E-state index is 0.0183. The molecule has 9 nitrogen and oxygen atoms in total. The number of aryl methyl sites for hydroxylation is 1. The third-order valence-electron chi connectivity index (χ3n) is 9.65. The molecule has 0 saturated carbocycles. The highest BCUT2D eigenvalue weighted by molar-refractivity contribution is 7.83. The van der Waals surface area contributed by atoms with Gasteiger partial charge in [0.1, 0.15) is 18.0 Å². The molecule has 0 aliphatic carbocycles. The molecule has 4 atom stereocenters. The summed E-state index contributed by atoms with van der Waals surface area (Å²) >= 11 is 6.43. The van der Waals surface area contributed by atoms with Gasteiger partial charge in [0, 0.05) is 37.1 Å². The number of halogens is 1. The molecule has 0 spiro atoms. The molecular formula is C37H50ClN3O6S. The maximum atomic E-state index is 13.5. The van der Waals surface area contributed by atoms with Crippen molar-refractivity contribution in [2.75, 3.05) is 50.9 Å². The van der Waals surface area contributed by atoms with Crippen LogP contribution in [0.15, 0.2) is 53.4 Å². The van der Waals surface area contributed by atoms with Gasteiger partial charge in [-0.2, -0.15) is 0 Å². The number of carbonyl (C=O) groups excluding carboxylic acids is 2. The van der Waals surface area contributed by atoms with Crippen LogP contribution in [0.1, 0.15) is 76.8 Å². The first-order valence-electron chi connectivity index (χ1n) is 17.3. The van der Waals surface area contributed by atoms with Crippen molar-refractivity contribution < 1.29 is 28.0 Å². The molecule has 3 aliphatic rings. The monoisotopic (exact) mass is 699 g/mol. The number of hydrogen-bond donors (Lipinski definition) is 1. The van der Waals surface area contributed by atoms with E-state index in [9.17, 15) is 13.8 Å². The fourth-order valence-electron chi connectivity index (χ4n) is 6.72. The fraction of sp³-hybridized carbons (Fsp3) is 0.568. The Balaban J connectivity index is 1.48. The van der Waals surface area contributed by atoms with E-state index in [2.05, 4.69) is 35.6 Å². The Kier molecular flexibility index (Phi) is 12.6. The van der Waals surface area contributed by atoms with Gasteiger partial charge in [0.15, 0.2) is 11.0 Å². The van der Waals surface area contributed by atoms with Gasteiger partial charge in [-0.05, 0) is 86.9 Å². The van der Waals surface area contributed by atoms with Crippen LogP contribution in [0.5, 0.6) is 5.75 Å². The van der Waals surface area contributed by atoms with E-state index in [1.165, 1.54) is 11.1 Å². The Morgan fingerprint density at radius 1 is 1.12 bits per heavy atom. The predicted octanol–water partition coefficient (Wildman–Crippen LogP) is 6.20. The van der Waals surface area contributed by atoms with Crippen molar-refractivity contribution in [1.29, 1.82) is 0 Å². The summed E-state index contributed by atoms with van der Waals surface area (Å²) in [6.07, 6.45) is 9.11. The Morgan fingerprint density at radius 3 is 2.67 bits per heavy atom. The maximum absolute atomic E-state index is 13.5. The number of fused-ring (bicyclic) bond motifs is 1. The molecule has 4 unspecified atom stereocenters. The summed E-state index contributed by atoms with van der Waals surface area (Å²) in [5.74, 6) is 0.415. The Bertz CT molecular complexity index is 1490. The molecule has 0 aromatic heterocycles. The molecule has 48 heavy (non-hydrogen) atoms. The number of anilines is 1. The highest BCUT2D eigenvalue weighted by atomic mass is 35.5. The molecule has 2 aromatic carbocycles. The number of amides is 2. The van der Waals surface area contributed by atoms with Crippen LogP contribution >= 0.6 is 11.6 Å². The summed E-state index contributed by atoms with van der Waals surface area (Å²) in [6, 6.07) is 11.6. The van der Waals surface area contributed by atoms with E-state index in [1.54, 1.807) is 19.9 Å². The van der Waals surface area contributed by atoms with E-state index in [0.29, 0.717) is 30.3 Å². The number of nitrogens with zero attached hydrogens (tertiary/aromatic N) is 2. The van der Waals surface area contributed by atoms with E-state index in [1.807, 2.05) is 35.3 Å². The molecule has 3 heterocycles. The first-order chi connectivity index (χ1) is 23.1. The standard InChI is InChI=1S/C37H50ClN3O6S/c1-5-10-27-21-29(38)12-14-31(27)28-23-41-19-16-26(6-2)33(46-25-35(42)40-17-7-8-18-40)11-9-20-47-37(3,4)36(43)39-48(44)30-13-15-34(45-24-28)32(41)22-30/h9,11-15,21-22,26,28,33H,5-8,10,16-20,23-25H2,1-4H3,(H,39,43)/b11-9+.